The zero-order valence-corrected chi connectivity index (χ0v) is 7.41. The second kappa shape index (κ2) is 4.40. The highest BCUT2D eigenvalue weighted by molar-refractivity contribution is 7.94. The summed E-state index contributed by atoms with van der Waals surface area (Å²) < 4.78 is 5.09. The molecule has 0 atom stereocenters. The Kier molecular flexibility index (Phi) is 3.46. The third kappa shape index (κ3) is 2.44. The van der Waals surface area contributed by atoms with Crippen molar-refractivity contribution in [2.45, 2.75) is 0 Å². The molecule has 1 aromatic rings. The molecule has 0 fully saturated rings. The minimum Gasteiger partial charge on any atom is -0.426 e. The molecule has 0 aliphatic carbocycles. The predicted molar refractivity (Wildman–Crippen MR) is 50.4 cm³/mol. The highest BCUT2D eigenvalue weighted by Crippen LogP contribution is 2.12. The number of hydrogen-bond acceptors (Lipinski definition) is 4. The molecule has 0 amide bonds. The van der Waals surface area contributed by atoms with Gasteiger partial charge in [0, 0.05) is 6.26 Å². The Balaban J connectivity index is 2.71. The third-order valence-electron chi connectivity index (χ3n) is 1.36. The maximum absolute atomic E-state index is 8.75. The number of benzene rings is 1. The molecule has 0 spiro atoms. The van der Waals surface area contributed by atoms with Gasteiger partial charge in [-0.3, -0.25) is 0 Å². The Labute approximate surface area is 75.7 Å². The van der Waals surface area contributed by atoms with E-state index in [1.165, 1.54) is 12.0 Å². The molecule has 64 valence electrons. The van der Waals surface area contributed by atoms with Crippen LogP contribution in [-0.4, -0.2) is 23.4 Å². The van der Waals surface area contributed by atoms with E-state index in [0.717, 1.165) is 0 Å². The van der Waals surface area contributed by atoms with Crippen LogP contribution >= 0.6 is 12.0 Å². The normalized spacial score (nSPS) is 9.58. The highest BCUT2D eigenvalue weighted by atomic mass is 32.2. The lowest BCUT2D eigenvalue weighted by Crippen LogP contribution is -2.29. The van der Waals surface area contributed by atoms with Crippen LogP contribution in [0.3, 0.4) is 0 Å². The van der Waals surface area contributed by atoms with Gasteiger partial charge in [-0.05, 0) is 17.6 Å². The van der Waals surface area contributed by atoms with E-state index in [4.69, 9.17) is 14.2 Å². The summed E-state index contributed by atoms with van der Waals surface area (Å²) in [4.78, 5) is 0. The summed E-state index contributed by atoms with van der Waals surface area (Å²) in [5.74, 6) is 0.701. The summed E-state index contributed by atoms with van der Waals surface area (Å²) in [7, 11) is -1.41. The summed E-state index contributed by atoms with van der Waals surface area (Å²) in [6.45, 7) is 0. The molecule has 0 heterocycles. The van der Waals surface area contributed by atoms with Crippen LogP contribution in [0.1, 0.15) is 0 Å². The molecule has 0 unspecified atom stereocenters. The van der Waals surface area contributed by atoms with Crippen LogP contribution < -0.4 is 9.65 Å². The lowest BCUT2D eigenvalue weighted by molar-refractivity contribution is 0.426. The number of rotatable bonds is 3. The fraction of sp³-hybridized carbons (Fsp3) is 0.143. The Bertz CT molecular complexity index is 237. The van der Waals surface area contributed by atoms with Gasteiger partial charge in [0.05, 0.1) is 12.0 Å². The van der Waals surface area contributed by atoms with Crippen molar-refractivity contribution in [3.8, 4) is 5.75 Å². The van der Waals surface area contributed by atoms with Crippen molar-refractivity contribution < 1.29 is 14.2 Å². The Hall–Kier alpha value is -0.645. The highest BCUT2D eigenvalue weighted by Gasteiger charge is 2.09. The van der Waals surface area contributed by atoms with Crippen molar-refractivity contribution in [1.29, 1.82) is 0 Å². The van der Waals surface area contributed by atoms with Crippen LogP contribution in [0.5, 0.6) is 5.75 Å². The van der Waals surface area contributed by atoms with Crippen molar-refractivity contribution in [3.63, 3.8) is 0 Å². The SMILES string of the molecule is CSOc1ccc(B(O)O)cc1. The molecule has 0 radical (unpaired) electrons. The molecule has 0 aliphatic rings. The van der Waals surface area contributed by atoms with Gasteiger partial charge in [-0.25, -0.2) is 0 Å². The van der Waals surface area contributed by atoms with E-state index < -0.39 is 7.12 Å². The smallest absolute Gasteiger partial charge is 0.426 e. The quantitative estimate of drug-likeness (QED) is 0.513. The zero-order valence-electron chi connectivity index (χ0n) is 6.60. The van der Waals surface area contributed by atoms with Crippen LogP contribution in [0.15, 0.2) is 24.3 Å². The molecule has 0 bridgehead atoms. The first kappa shape index (κ1) is 9.44. The van der Waals surface area contributed by atoms with Gasteiger partial charge in [-0.15, -0.1) is 0 Å². The molecule has 0 aliphatic heterocycles. The molecule has 0 saturated carbocycles. The fourth-order valence-electron chi connectivity index (χ4n) is 0.792. The maximum atomic E-state index is 8.75. The van der Waals surface area contributed by atoms with E-state index in [9.17, 15) is 0 Å². The Morgan fingerprint density at radius 1 is 1.25 bits per heavy atom. The van der Waals surface area contributed by atoms with Gasteiger partial charge in [0.15, 0.2) is 0 Å². The molecule has 1 rings (SSSR count). The molecular weight excluding hydrogens is 175 g/mol. The largest absolute Gasteiger partial charge is 0.488 e. The molecule has 0 aromatic heterocycles. The maximum Gasteiger partial charge on any atom is 0.488 e. The molecule has 0 saturated heterocycles. The summed E-state index contributed by atoms with van der Waals surface area (Å²) in [6.07, 6.45) is 1.81. The topological polar surface area (TPSA) is 49.7 Å². The average Bonchev–Trinajstić information content (AvgIpc) is 2.06. The standard InChI is InChI=1S/C7H9BO3S/c1-12-11-7-4-2-6(3-5-7)8(9)10/h2-5,9-10H,1H3. The first-order valence-corrected chi connectivity index (χ1v) is 4.56. The van der Waals surface area contributed by atoms with E-state index in [2.05, 4.69) is 0 Å². The van der Waals surface area contributed by atoms with E-state index >= 15 is 0 Å². The summed E-state index contributed by atoms with van der Waals surface area (Å²) in [6, 6.07) is 6.59. The van der Waals surface area contributed by atoms with Gasteiger partial charge < -0.3 is 14.2 Å². The van der Waals surface area contributed by atoms with Crippen LogP contribution in [-0.2, 0) is 0 Å². The lowest BCUT2D eigenvalue weighted by atomic mass is 9.80. The first-order chi connectivity index (χ1) is 5.74. The van der Waals surface area contributed by atoms with E-state index in [1.54, 1.807) is 24.3 Å². The second-order valence-electron chi connectivity index (χ2n) is 2.19. The monoisotopic (exact) mass is 184 g/mol. The van der Waals surface area contributed by atoms with Crippen LogP contribution in [0.2, 0.25) is 0 Å². The molecule has 3 nitrogen and oxygen atoms in total. The Morgan fingerprint density at radius 3 is 2.25 bits per heavy atom. The molecular formula is C7H9BO3S. The first-order valence-electron chi connectivity index (χ1n) is 3.41. The fourth-order valence-corrected chi connectivity index (χ4v) is 1.10. The van der Waals surface area contributed by atoms with Gasteiger partial charge in [0.1, 0.15) is 5.75 Å². The van der Waals surface area contributed by atoms with Crippen LogP contribution in [0.25, 0.3) is 0 Å². The van der Waals surface area contributed by atoms with Gasteiger partial charge in [0.25, 0.3) is 0 Å². The minimum absolute atomic E-state index is 0.462. The summed E-state index contributed by atoms with van der Waals surface area (Å²) >= 11 is 1.24. The van der Waals surface area contributed by atoms with E-state index in [0.29, 0.717) is 11.2 Å². The summed E-state index contributed by atoms with van der Waals surface area (Å²) in [5, 5.41) is 17.5. The van der Waals surface area contributed by atoms with Gasteiger partial charge in [0.2, 0.25) is 0 Å². The van der Waals surface area contributed by atoms with Crippen molar-refractivity contribution in [2.24, 2.45) is 0 Å². The third-order valence-corrected chi connectivity index (χ3v) is 1.72. The lowest BCUT2D eigenvalue weighted by Gasteiger charge is -2.01. The van der Waals surface area contributed by atoms with E-state index in [1.807, 2.05) is 6.26 Å². The van der Waals surface area contributed by atoms with Gasteiger partial charge >= 0.3 is 7.12 Å². The van der Waals surface area contributed by atoms with Crippen molar-refractivity contribution in [3.05, 3.63) is 24.3 Å². The Morgan fingerprint density at radius 2 is 1.83 bits per heavy atom. The van der Waals surface area contributed by atoms with Crippen molar-refractivity contribution >= 4 is 24.6 Å². The predicted octanol–water partition coefficient (Wildman–Crippen LogP) is 0.0232. The molecule has 1 aromatic carbocycles. The van der Waals surface area contributed by atoms with Crippen LogP contribution in [0, 0.1) is 0 Å². The van der Waals surface area contributed by atoms with Gasteiger partial charge in [-0.1, -0.05) is 12.1 Å². The molecule has 5 heteroatoms. The van der Waals surface area contributed by atoms with Crippen LogP contribution in [0.4, 0.5) is 0 Å². The van der Waals surface area contributed by atoms with Crippen molar-refractivity contribution in [1.82, 2.24) is 0 Å². The number of hydrogen-bond donors (Lipinski definition) is 2. The summed E-state index contributed by atoms with van der Waals surface area (Å²) in [5.41, 5.74) is 0.462. The van der Waals surface area contributed by atoms with Crippen molar-refractivity contribution in [2.75, 3.05) is 6.26 Å². The zero-order chi connectivity index (χ0) is 8.97. The molecule has 12 heavy (non-hydrogen) atoms. The second-order valence-corrected chi connectivity index (χ2v) is 2.69. The average molecular weight is 184 g/mol. The van der Waals surface area contributed by atoms with Gasteiger partial charge in [-0.2, -0.15) is 0 Å². The van der Waals surface area contributed by atoms with E-state index in [-0.39, 0.29) is 0 Å². The minimum atomic E-state index is -1.41. The molecule has 2 N–H and O–H groups in total.